The molecule has 1 aromatic carbocycles. The number of alkyl halides is 2. The zero-order valence-electron chi connectivity index (χ0n) is 10.4. The lowest BCUT2D eigenvalue weighted by Gasteiger charge is -2.20. The van der Waals surface area contributed by atoms with Crippen LogP contribution in [0.15, 0.2) is 24.3 Å². The first-order valence-electron chi connectivity index (χ1n) is 6.12. The molecule has 0 radical (unpaired) electrons. The molecule has 0 bridgehead atoms. The summed E-state index contributed by atoms with van der Waals surface area (Å²) in [6, 6.07) is 6.41. The van der Waals surface area contributed by atoms with Gasteiger partial charge in [-0.05, 0) is 17.7 Å². The molecule has 1 aliphatic rings. The summed E-state index contributed by atoms with van der Waals surface area (Å²) >= 11 is 0. The van der Waals surface area contributed by atoms with Gasteiger partial charge in [-0.2, -0.15) is 8.78 Å². The number of hydrogen-bond acceptors (Lipinski definition) is 4. The third-order valence-corrected chi connectivity index (χ3v) is 3.01. The van der Waals surface area contributed by atoms with Gasteiger partial charge in [0.1, 0.15) is 11.4 Å². The summed E-state index contributed by atoms with van der Waals surface area (Å²) in [6.07, 6.45) is 0.626. The highest BCUT2D eigenvalue weighted by Crippen LogP contribution is 2.18. The first-order chi connectivity index (χ1) is 9.07. The molecule has 2 rings (SSSR count). The average molecular weight is 273 g/mol. The van der Waals surface area contributed by atoms with Crippen molar-refractivity contribution in [3.63, 3.8) is 0 Å². The number of aliphatic hydroxyl groups is 1. The molecule has 0 aromatic heterocycles. The fourth-order valence-electron chi connectivity index (χ4n) is 1.96. The first kappa shape index (κ1) is 14.2. The predicted octanol–water partition coefficient (Wildman–Crippen LogP) is 1.53. The van der Waals surface area contributed by atoms with Gasteiger partial charge in [-0.25, -0.2) is 0 Å². The molecule has 1 unspecified atom stereocenters. The van der Waals surface area contributed by atoms with Gasteiger partial charge in [0, 0.05) is 26.1 Å². The standard InChI is InChI=1S/C13H17F2NO3/c14-12(15)19-11-3-1-10(2-4-11)7-16-8-13(17)5-6-18-9-13/h1-4,12,16-17H,5-9H2. The molecule has 1 saturated heterocycles. The van der Waals surface area contributed by atoms with Gasteiger partial charge in [0.15, 0.2) is 0 Å². The van der Waals surface area contributed by atoms with E-state index in [4.69, 9.17) is 4.74 Å². The average Bonchev–Trinajstić information content (AvgIpc) is 2.78. The molecular weight excluding hydrogens is 256 g/mol. The van der Waals surface area contributed by atoms with E-state index in [1.54, 1.807) is 12.1 Å². The second-order valence-electron chi connectivity index (χ2n) is 4.65. The largest absolute Gasteiger partial charge is 0.435 e. The molecule has 0 aliphatic carbocycles. The minimum absolute atomic E-state index is 0.140. The summed E-state index contributed by atoms with van der Waals surface area (Å²) < 4.78 is 33.3. The summed E-state index contributed by atoms with van der Waals surface area (Å²) in [6.45, 7) is -0.876. The minimum Gasteiger partial charge on any atom is -0.435 e. The van der Waals surface area contributed by atoms with Gasteiger partial charge in [-0.1, -0.05) is 12.1 Å². The Morgan fingerprint density at radius 2 is 2.11 bits per heavy atom. The molecule has 6 heteroatoms. The summed E-state index contributed by atoms with van der Waals surface area (Å²) in [4.78, 5) is 0. The Kier molecular flexibility index (Phi) is 4.68. The fraction of sp³-hybridized carbons (Fsp3) is 0.538. The monoisotopic (exact) mass is 273 g/mol. The second-order valence-corrected chi connectivity index (χ2v) is 4.65. The Balaban J connectivity index is 1.76. The van der Waals surface area contributed by atoms with Crippen molar-refractivity contribution in [1.29, 1.82) is 0 Å². The lowest BCUT2D eigenvalue weighted by atomic mass is 10.0. The van der Waals surface area contributed by atoms with Gasteiger partial charge in [0.25, 0.3) is 0 Å². The van der Waals surface area contributed by atoms with E-state index in [9.17, 15) is 13.9 Å². The summed E-state index contributed by atoms with van der Waals surface area (Å²) in [5.41, 5.74) is 0.141. The zero-order chi connectivity index (χ0) is 13.7. The van der Waals surface area contributed by atoms with Gasteiger partial charge in [-0.15, -0.1) is 0 Å². The highest BCUT2D eigenvalue weighted by Gasteiger charge is 2.31. The molecule has 0 spiro atoms. The topological polar surface area (TPSA) is 50.7 Å². The third-order valence-electron chi connectivity index (χ3n) is 3.01. The van der Waals surface area contributed by atoms with Crippen LogP contribution in [0.25, 0.3) is 0 Å². The highest BCUT2D eigenvalue weighted by atomic mass is 19.3. The molecule has 1 fully saturated rings. The Hall–Kier alpha value is -1.24. The summed E-state index contributed by atoms with van der Waals surface area (Å²) in [7, 11) is 0. The molecule has 1 heterocycles. The number of nitrogens with one attached hydrogen (secondary N) is 1. The van der Waals surface area contributed by atoms with Crippen LogP contribution in [-0.2, 0) is 11.3 Å². The predicted molar refractivity (Wildman–Crippen MR) is 65.2 cm³/mol. The van der Waals surface area contributed by atoms with Crippen LogP contribution in [0.5, 0.6) is 5.75 Å². The first-order valence-corrected chi connectivity index (χ1v) is 6.12. The highest BCUT2D eigenvalue weighted by molar-refractivity contribution is 5.27. The number of rotatable bonds is 6. The molecule has 4 nitrogen and oxygen atoms in total. The molecule has 0 amide bonds. The van der Waals surface area contributed by atoms with Gasteiger partial charge in [0.2, 0.25) is 0 Å². The van der Waals surface area contributed by atoms with Crippen molar-refractivity contribution in [1.82, 2.24) is 5.32 Å². The lowest BCUT2D eigenvalue weighted by Crippen LogP contribution is -2.40. The maximum absolute atomic E-state index is 12.0. The Morgan fingerprint density at radius 1 is 1.37 bits per heavy atom. The molecular formula is C13H17F2NO3. The van der Waals surface area contributed by atoms with E-state index in [-0.39, 0.29) is 5.75 Å². The molecule has 1 aromatic rings. The van der Waals surface area contributed by atoms with Gasteiger partial charge < -0.3 is 19.9 Å². The van der Waals surface area contributed by atoms with Crippen molar-refractivity contribution < 1.29 is 23.4 Å². The van der Waals surface area contributed by atoms with E-state index in [2.05, 4.69) is 10.1 Å². The van der Waals surface area contributed by atoms with Crippen LogP contribution < -0.4 is 10.1 Å². The third kappa shape index (κ3) is 4.41. The molecule has 1 aliphatic heterocycles. The van der Waals surface area contributed by atoms with Crippen LogP contribution in [0, 0.1) is 0 Å². The van der Waals surface area contributed by atoms with Crippen LogP contribution in [0.2, 0.25) is 0 Å². The molecule has 2 N–H and O–H groups in total. The zero-order valence-corrected chi connectivity index (χ0v) is 10.4. The minimum atomic E-state index is -2.81. The van der Waals surface area contributed by atoms with Crippen LogP contribution in [-0.4, -0.2) is 37.1 Å². The van der Waals surface area contributed by atoms with Gasteiger partial charge in [0.05, 0.1) is 6.61 Å². The number of ether oxygens (including phenoxy) is 2. The number of benzene rings is 1. The van der Waals surface area contributed by atoms with E-state index in [1.165, 1.54) is 12.1 Å². The fourth-order valence-corrected chi connectivity index (χ4v) is 1.96. The SMILES string of the molecule is OC1(CNCc2ccc(OC(F)F)cc2)CCOC1. The van der Waals surface area contributed by atoms with Crippen molar-refractivity contribution in [3.05, 3.63) is 29.8 Å². The van der Waals surface area contributed by atoms with E-state index in [0.717, 1.165) is 5.56 Å². The molecule has 19 heavy (non-hydrogen) atoms. The van der Waals surface area contributed by atoms with E-state index >= 15 is 0 Å². The summed E-state index contributed by atoms with van der Waals surface area (Å²) in [5, 5.41) is 13.1. The van der Waals surface area contributed by atoms with Crippen LogP contribution >= 0.6 is 0 Å². The van der Waals surface area contributed by atoms with Crippen molar-refractivity contribution in [2.75, 3.05) is 19.8 Å². The molecule has 106 valence electrons. The van der Waals surface area contributed by atoms with E-state index in [1.807, 2.05) is 0 Å². The Labute approximate surface area is 110 Å². The Morgan fingerprint density at radius 3 is 2.68 bits per heavy atom. The number of hydrogen-bond donors (Lipinski definition) is 2. The van der Waals surface area contributed by atoms with Crippen molar-refractivity contribution in [2.24, 2.45) is 0 Å². The van der Waals surface area contributed by atoms with Crippen molar-refractivity contribution in [3.8, 4) is 5.75 Å². The maximum atomic E-state index is 12.0. The van der Waals surface area contributed by atoms with E-state index in [0.29, 0.717) is 32.7 Å². The smallest absolute Gasteiger partial charge is 0.387 e. The number of halogens is 2. The summed E-state index contributed by atoms with van der Waals surface area (Å²) in [5.74, 6) is 0.140. The van der Waals surface area contributed by atoms with Crippen LogP contribution in [0.3, 0.4) is 0 Å². The van der Waals surface area contributed by atoms with Gasteiger partial charge in [-0.3, -0.25) is 0 Å². The van der Waals surface area contributed by atoms with Crippen molar-refractivity contribution in [2.45, 2.75) is 25.2 Å². The normalized spacial score (nSPS) is 22.9. The Bertz CT molecular complexity index is 391. The molecule has 1 atom stereocenters. The van der Waals surface area contributed by atoms with Crippen LogP contribution in [0.4, 0.5) is 8.78 Å². The van der Waals surface area contributed by atoms with Crippen molar-refractivity contribution >= 4 is 0 Å². The van der Waals surface area contributed by atoms with E-state index < -0.39 is 12.2 Å². The van der Waals surface area contributed by atoms with Gasteiger partial charge >= 0.3 is 6.61 Å². The van der Waals surface area contributed by atoms with Crippen LogP contribution in [0.1, 0.15) is 12.0 Å². The maximum Gasteiger partial charge on any atom is 0.387 e. The lowest BCUT2D eigenvalue weighted by molar-refractivity contribution is -0.0498. The quantitative estimate of drug-likeness (QED) is 0.825. The molecule has 0 saturated carbocycles. The second kappa shape index (κ2) is 6.27.